The number of hydrazone groups is 1. The largest absolute Gasteiger partial charge is 0.493 e. The van der Waals surface area contributed by atoms with Crippen LogP contribution in [0.4, 0.5) is 0 Å². The first-order valence-corrected chi connectivity index (χ1v) is 12.1. The van der Waals surface area contributed by atoms with Crippen molar-refractivity contribution in [3.63, 3.8) is 0 Å². The molecule has 7 nitrogen and oxygen atoms in total. The van der Waals surface area contributed by atoms with Gasteiger partial charge in [0, 0.05) is 5.56 Å². The van der Waals surface area contributed by atoms with Crippen LogP contribution in [-0.2, 0) is 11.2 Å². The Kier molecular flexibility index (Phi) is 8.74. The molecule has 0 saturated heterocycles. The molecule has 1 amide bonds. The highest BCUT2D eigenvalue weighted by Gasteiger charge is 2.16. The molecular weight excluding hydrogens is 504 g/mol. The van der Waals surface area contributed by atoms with Gasteiger partial charge < -0.3 is 14.2 Å². The van der Waals surface area contributed by atoms with Crippen LogP contribution in [0.15, 0.2) is 96.6 Å². The Bertz CT molecular complexity index is 1520. The molecule has 8 heteroatoms. The number of benzene rings is 4. The fourth-order valence-corrected chi connectivity index (χ4v) is 3.96. The standard InChI is InChI=1S/C30H25ClN2O5/c1-3-8-20-13-15-27(28(17-20)36-2)37-19-29(34)33-32-18-24-22-10-5-4-9-21(22)14-16-26(24)38-30(35)23-11-6-7-12-25(23)31/h3-7,9-18H,1,8,19H2,2H3,(H,33,34)/b32-18-. The molecule has 0 aromatic heterocycles. The van der Waals surface area contributed by atoms with Crippen molar-refractivity contribution in [3.05, 3.63) is 113 Å². The lowest BCUT2D eigenvalue weighted by Gasteiger charge is -2.12. The molecule has 38 heavy (non-hydrogen) atoms. The van der Waals surface area contributed by atoms with E-state index in [-0.39, 0.29) is 22.9 Å². The molecule has 0 bridgehead atoms. The van der Waals surface area contributed by atoms with Crippen molar-refractivity contribution in [1.82, 2.24) is 5.43 Å². The fraction of sp³-hybridized carbons (Fsp3) is 0.100. The van der Waals surface area contributed by atoms with E-state index in [1.807, 2.05) is 42.5 Å². The highest BCUT2D eigenvalue weighted by molar-refractivity contribution is 6.33. The lowest BCUT2D eigenvalue weighted by atomic mass is 10.0. The highest BCUT2D eigenvalue weighted by Crippen LogP contribution is 2.29. The van der Waals surface area contributed by atoms with Gasteiger partial charge in [0.15, 0.2) is 18.1 Å². The third kappa shape index (κ3) is 6.38. The van der Waals surface area contributed by atoms with Crippen LogP contribution in [0.3, 0.4) is 0 Å². The van der Waals surface area contributed by atoms with E-state index in [2.05, 4.69) is 17.1 Å². The molecular formula is C30H25ClN2O5. The molecule has 0 spiro atoms. The molecule has 0 heterocycles. The van der Waals surface area contributed by atoms with Crippen molar-refractivity contribution in [2.45, 2.75) is 6.42 Å². The predicted octanol–water partition coefficient (Wildman–Crippen LogP) is 5.98. The zero-order chi connectivity index (χ0) is 26.9. The quantitative estimate of drug-likeness (QED) is 0.0899. The Morgan fingerprint density at radius 2 is 1.74 bits per heavy atom. The minimum absolute atomic E-state index is 0.239. The van der Waals surface area contributed by atoms with Gasteiger partial charge in [0.05, 0.1) is 23.9 Å². The van der Waals surface area contributed by atoms with Gasteiger partial charge >= 0.3 is 5.97 Å². The van der Waals surface area contributed by atoms with Gasteiger partial charge in [-0.15, -0.1) is 6.58 Å². The van der Waals surface area contributed by atoms with Gasteiger partial charge in [0.2, 0.25) is 0 Å². The van der Waals surface area contributed by atoms with Gasteiger partial charge in [-0.3, -0.25) is 4.79 Å². The average molecular weight is 529 g/mol. The number of nitrogens with zero attached hydrogens (tertiary/aromatic N) is 1. The van der Waals surface area contributed by atoms with Crippen molar-refractivity contribution in [2.24, 2.45) is 5.10 Å². The van der Waals surface area contributed by atoms with Crippen LogP contribution in [0.5, 0.6) is 17.2 Å². The summed E-state index contributed by atoms with van der Waals surface area (Å²) in [5.74, 6) is 0.134. The molecule has 1 N–H and O–H groups in total. The van der Waals surface area contributed by atoms with E-state index in [1.165, 1.54) is 13.3 Å². The van der Waals surface area contributed by atoms with Crippen LogP contribution >= 0.6 is 11.6 Å². The number of carbonyl (C=O) groups excluding carboxylic acids is 2. The lowest BCUT2D eigenvalue weighted by molar-refractivity contribution is -0.123. The van der Waals surface area contributed by atoms with Gasteiger partial charge in [-0.05, 0) is 53.1 Å². The summed E-state index contributed by atoms with van der Waals surface area (Å²) >= 11 is 6.16. The lowest BCUT2D eigenvalue weighted by Crippen LogP contribution is -2.24. The van der Waals surface area contributed by atoms with Crippen LogP contribution in [0, 0.1) is 0 Å². The highest BCUT2D eigenvalue weighted by atomic mass is 35.5. The summed E-state index contributed by atoms with van der Waals surface area (Å²) < 4.78 is 16.6. The van der Waals surface area contributed by atoms with Gasteiger partial charge in [-0.25, -0.2) is 10.2 Å². The minimum Gasteiger partial charge on any atom is -0.493 e. The minimum atomic E-state index is -0.606. The maximum absolute atomic E-state index is 12.8. The normalized spacial score (nSPS) is 10.8. The molecule has 0 fully saturated rings. The van der Waals surface area contributed by atoms with Crippen molar-refractivity contribution in [3.8, 4) is 17.2 Å². The van der Waals surface area contributed by atoms with Crippen molar-refractivity contribution in [1.29, 1.82) is 0 Å². The van der Waals surface area contributed by atoms with Crippen molar-refractivity contribution < 1.29 is 23.8 Å². The first kappa shape index (κ1) is 26.4. The second kappa shape index (κ2) is 12.6. The van der Waals surface area contributed by atoms with E-state index in [4.69, 9.17) is 25.8 Å². The topological polar surface area (TPSA) is 86.2 Å². The molecule has 0 radical (unpaired) electrons. The number of fused-ring (bicyclic) bond motifs is 1. The first-order valence-electron chi connectivity index (χ1n) is 11.7. The molecule has 4 aromatic rings. The van der Waals surface area contributed by atoms with E-state index >= 15 is 0 Å². The Morgan fingerprint density at radius 1 is 0.974 bits per heavy atom. The van der Waals surface area contributed by atoms with Crippen molar-refractivity contribution in [2.75, 3.05) is 13.7 Å². The number of halogens is 1. The fourth-order valence-electron chi connectivity index (χ4n) is 3.75. The summed E-state index contributed by atoms with van der Waals surface area (Å²) in [6.45, 7) is 3.45. The van der Waals surface area contributed by atoms with E-state index < -0.39 is 11.9 Å². The molecule has 0 aliphatic heterocycles. The van der Waals surface area contributed by atoms with Gasteiger partial charge in [0.1, 0.15) is 5.75 Å². The molecule has 4 aromatic carbocycles. The maximum Gasteiger partial charge on any atom is 0.345 e. The van der Waals surface area contributed by atoms with E-state index in [9.17, 15) is 9.59 Å². The van der Waals surface area contributed by atoms with Gasteiger partial charge in [-0.2, -0.15) is 5.10 Å². The molecule has 0 atom stereocenters. The van der Waals surface area contributed by atoms with E-state index in [0.29, 0.717) is 23.5 Å². The number of ether oxygens (including phenoxy) is 3. The van der Waals surface area contributed by atoms with E-state index in [1.54, 1.807) is 42.5 Å². The number of rotatable bonds is 10. The zero-order valence-electron chi connectivity index (χ0n) is 20.6. The summed E-state index contributed by atoms with van der Waals surface area (Å²) in [6.07, 6.45) is 3.91. The van der Waals surface area contributed by atoms with Gasteiger partial charge in [0.25, 0.3) is 5.91 Å². The van der Waals surface area contributed by atoms with Crippen molar-refractivity contribution >= 4 is 40.5 Å². The Balaban J connectivity index is 1.48. The van der Waals surface area contributed by atoms with E-state index in [0.717, 1.165) is 16.3 Å². The molecule has 0 unspecified atom stereocenters. The molecule has 4 rings (SSSR count). The summed E-state index contributed by atoms with van der Waals surface area (Å²) in [6, 6.07) is 23.1. The number of hydrogen-bond acceptors (Lipinski definition) is 6. The third-order valence-electron chi connectivity index (χ3n) is 5.58. The second-order valence-electron chi connectivity index (χ2n) is 8.13. The second-order valence-corrected chi connectivity index (χ2v) is 8.53. The average Bonchev–Trinajstić information content (AvgIpc) is 2.93. The van der Waals surface area contributed by atoms with Crippen LogP contribution in [-0.4, -0.2) is 31.8 Å². The van der Waals surface area contributed by atoms with Crippen LogP contribution in [0.1, 0.15) is 21.5 Å². The number of allylic oxidation sites excluding steroid dienone is 1. The molecule has 0 saturated carbocycles. The molecule has 192 valence electrons. The summed E-state index contributed by atoms with van der Waals surface area (Å²) in [5.41, 5.74) is 4.22. The number of carbonyl (C=O) groups is 2. The van der Waals surface area contributed by atoms with Crippen LogP contribution in [0.2, 0.25) is 5.02 Å². The zero-order valence-corrected chi connectivity index (χ0v) is 21.4. The Labute approximate surface area is 225 Å². The monoisotopic (exact) mass is 528 g/mol. The number of nitrogens with one attached hydrogen (secondary N) is 1. The Morgan fingerprint density at radius 3 is 2.53 bits per heavy atom. The third-order valence-corrected chi connectivity index (χ3v) is 5.91. The number of amides is 1. The number of methoxy groups -OCH3 is 1. The predicted molar refractivity (Wildman–Crippen MR) is 148 cm³/mol. The molecule has 0 aliphatic carbocycles. The maximum atomic E-state index is 12.8. The Hall–Kier alpha value is -4.62. The summed E-state index contributed by atoms with van der Waals surface area (Å²) in [5, 5.41) is 6.06. The summed E-state index contributed by atoms with van der Waals surface area (Å²) in [7, 11) is 1.53. The molecule has 0 aliphatic rings. The first-order chi connectivity index (χ1) is 18.5. The van der Waals surface area contributed by atoms with Crippen LogP contribution < -0.4 is 19.6 Å². The van der Waals surface area contributed by atoms with Crippen LogP contribution in [0.25, 0.3) is 10.8 Å². The number of esters is 1. The summed E-state index contributed by atoms with van der Waals surface area (Å²) in [4.78, 5) is 25.2. The number of hydrogen-bond donors (Lipinski definition) is 1. The SMILES string of the molecule is C=CCc1ccc(OCC(=O)N/N=C\c2c(OC(=O)c3ccccc3Cl)ccc3ccccc23)c(OC)c1. The van der Waals surface area contributed by atoms with Gasteiger partial charge in [-0.1, -0.05) is 66.2 Å². The smallest absolute Gasteiger partial charge is 0.345 e.